The molecule has 0 heterocycles. The third-order valence-electron chi connectivity index (χ3n) is 8.77. The van der Waals surface area contributed by atoms with Crippen LogP contribution >= 0.6 is 0 Å². The lowest BCUT2D eigenvalue weighted by atomic mass is 9.58. The molecule has 3 aliphatic carbocycles. The molecule has 6 N–H and O–H groups in total. The summed E-state index contributed by atoms with van der Waals surface area (Å²) >= 11 is 0. The zero-order valence-corrected chi connectivity index (χ0v) is 17.2. The van der Waals surface area contributed by atoms with E-state index in [0.717, 1.165) is 24.7 Å². The molecule has 12 unspecified atom stereocenters. The highest BCUT2D eigenvalue weighted by Gasteiger charge is 2.46. The summed E-state index contributed by atoms with van der Waals surface area (Å²) < 4.78 is 0. The Kier molecular flexibility index (Phi) is 6.38. The molecule has 26 heavy (non-hydrogen) atoms. The van der Waals surface area contributed by atoms with Crippen LogP contribution in [0.15, 0.2) is 0 Å². The Hall–Kier alpha value is -0.160. The normalized spacial score (nSPS) is 56.3. The first-order valence-corrected chi connectivity index (χ1v) is 11.1. The highest BCUT2D eigenvalue weighted by atomic mass is 16.3. The van der Waals surface area contributed by atoms with Crippen molar-refractivity contribution in [2.24, 2.45) is 58.8 Å². The Morgan fingerprint density at radius 2 is 1.04 bits per heavy atom. The summed E-state index contributed by atoms with van der Waals surface area (Å²) in [5.74, 6) is 4.16. The Morgan fingerprint density at radius 1 is 0.654 bits per heavy atom. The fourth-order valence-electron chi connectivity index (χ4n) is 6.81. The molecule has 3 aliphatic rings. The lowest BCUT2D eigenvalue weighted by Gasteiger charge is -2.50. The molecule has 0 bridgehead atoms. The topological polar surface area (TPSA) is 92.5 Å². The van der Waals surface area contributed by atoms with Crippen LogP contribution in [0, 0.1) is 47.3 Å². The van der Waals surface area contributed by atoms with Crippen LogP contribution in [0.25, 0.3) is 0 Å². The Bertz CT molecular complexity index is 433. The molecular formula is C22H42N2O2. The molecule has 0 aromatic rings. The molecule has 0 spiro atoms. The van der Waals surface area contributed by atoms with E-state index in [1.54, 1.807) is 0 Å². The summed E-state index contributed by atoms with van der Waals surface area (Å²) in [4.78, 5) is 0. The van der Waals surface area contributed by atoms with Gasteiger partial charge in [0.15, 0.2) is 0 Å². The highest BCUT2D eigenvalue weighted by molar-refractivity contribution is 4.98. The predicted octanol–water partition coefficient (Wildman–Crippen LogP) is 2.75. The summed E-state index contributed by atoms with van der Waals surface area (Å²) in [6.07, 6.45) is 6.75. The first-order valence-electron chi connectivity index (χ1n) is 11.1. The van der Waals surface area contributed by atoms with Crippen LogP contribution in [0.2, 0.25) is 0 Å². The Labute approximate surface area is 160 Å². The second kappa shape index (κ2) is 8.06. The minimum Gasteiger partial charge on any atom is -0.391 e. The molecule has 4 nitrogen and oxygen atoms in total. The highest BCUT2D eigenvalue weighted by Crippen LogP contribution is 2.49. The number of hydrogen-bond donors (Lipinski definition) is 4. The van der Waals surface area contributed by atoms with Crippen molar-refractivity contribution in [3.63, 3.8) is 0 Å². The van der Waals surface area contributed by atoms with Crippen molar-refractivity contribution in [2.75, 3.05) is 0 Å². The van der Waals surface area contributed by atoms with Crippen LogP contribution < -0.4 is 11.5 Å². The molecule has 3 saturated carbocycles. The monoisotopic (exact) mass is 366 g/mol. The van der Waals surface area contributed by atoms with E-state index >= 15 is 0 Å². The van der Waals surface area contributed by atoms with Crippen molar-refractivity contribution in [3.05, 3.63) is 0 Å². The van der Waals surface area contributed by atoms with Crippen LogP contribution in [-0.2, 0) is 0 Å². The minimum absolute atomic E-state index is 0.0821. The molecule has 0 aliphatic heterocycles. The van der Waals surface area contributed by atoms with Crippen molar-refractivity contribution in [1.29, 1.82) is 0 Å². The van der Waals surface area contributed by atoms with Gasteiger partial charge in [0.05, 0.1) is 12.2 Å². The maximum absolute atomic E-state index is 10.3. The molecule has 0 amide bonds. The van der Waals surface area contributed by atoms with Crippen molar-refractivity contribution in [3.8, 4) is 0 Å². The number of rotatable bonds is 2. The van der Waals surface area contributed by atoms with E-state index in [2.05, 4.69) is 27.7 Å². The van der Waals surface area contributed by atoms with Gasteiger partial charge in [-0.15, -0.1) is 0 Å². The SMILES string of the molecule is CC1CC(C2CCCC(C3CC(C)C(O)C(N)C3C)C2)C(C)C(N)C1O. The van der Waals surface area contributed by atoms with Gasteiger partial charge in [-0.05, 0) is 66.6 Å². The number of nitrogens with two attached hydrogens (primary N) is 2. The molecule has 3 rings (SSSR count). The second-order valence-corrected chi connectivity index (χ2v) is 10.3. The van der Waals surface area contributed by atoms with Crippen molar-refractivity contribution in [2.45, 2.75) is 90.5 Å². The van der Waals surface area contributed by atoms with Crippen LogP contribution in [-0.4, -0.2) is 34.5 Å². The average Bonchev–Trinajstić information content (AvgIpc) is 2.64. The number of aliphatic hydroxyl groups excluding tert-OH is 2. The maximum Gasteiger partial charge on any atom is 0.0719 e. The predicted molar refractivity (Wildman–Crippen MR) is 106 cm³/mol. The summed E-state index contributed by atoms with van der Waals surface area (Å²) in [5, 5.41) is 20.7. The van der Waals surface area contributed by atoms with Crippen LogP contribution in [0.5, 0.6) is 0 Å². The van der Waals surface area contributed by atoms with Gasteiger partial charge in [-0.2, -0.15) is 0 Å². The molecule has 152 valence electrons. The van der Waals surface area contributed by atoms with Gasteiger partial charge in [0.2, 0.25) is 0 Å². The first-order chi connectivity index (χ1) is 12.2. The van der Waals surface area contributed by atoms with Gasteiger partial charge in [-0.3, -0.25) is 0 Å². The summed E-state index contributed by atoms with van der Waals surface area (Å²) in [6, 6.07) is -0.164. The van der Waals surface area contributed by atoms with Gasteiger partial charge in [0, 0.05) is 12.1 Å². The number of hydrogen-bond acceptors (Lipinski definition) is 4. The molecular weight excluding hydrogens is 324 g/mol. The van der Waals surface area contributed by atoms with Crippen LogP contribution in [0.3, 0.4) is 0 Å². The molecule has 12 atom stereocenters. The summed E-state index contributed by atoms with van der Waals surface area (Å²) in [5.41, 5.74) is 12.7. The van der Waals surface area contributed by atoms with Gasteiger partial charge in [0.25, 0.3) is 0 Å². The fraction of sp³-hybridized carbons (Fsp3) is 1.00. The molecule has 0 aromatic heterocycles. The van der Waals surface area contributed by atoms with E-state index < -0.39 is 0 Å². The summed E-state index contributed by atoms with van der Waals surface area (Å²) in [6.45, 7) is 8.83. The first kappa shape index (κ1) is 20.6. The molecule has 3 fully saturated rings. The zero-order chi connectivity index (χ0) is 19.2. The van der Waals surface area contributed by atoms with E-state index in [0.29, 0.717) is 35.5 Å². The molecule has 0 saturated heterocycles. The standard InChI is InChI=1S/C22H42N2O2/c1-11-8-17(13(3)19(23)21(11)25)15-6-5-7-16(10-15)18-9-12(2)22(26)20(24)14(18)4/h11-22,25-26H,5-10,23-24H2,1-4H3. The van der Waals surface area contributed by atoms with E-state index in [-0.39, 0.29) is 24.3 Å². The van der Waals surface area contributed by atoms with Crippen LogP contribution in [0.1, 0.15) is 66.2 Å². The molecule has 0 aromatic carbocycles. The largest absolute Gasteiger partial charge is 0.391 e. The van der Waals surface area contributed by atoms with Gasteiger partial charge in [0.1, 0.15) is 0 Å². The lowest BCUT2D eigenvalue weighted by molar-refractivity contribution is -0.0406. The van der Waals surface area contributed by atoms with E-state index in [9.17, 15) is 10.2 Å². The second-order valence-electron chi connectivity index (χ2n) is 10.3. The third kappa shape index (κ3) is 3.72. The smallest absolute Gasteiger partial charge is 0.0719 e. The minimum atomic E-state index is -0.348. The van der Waals surface area contributed by atoms with E-state index in [1.165, 1.54) is 25.7 Å². The van der Waals surface area contributed by atoms with Crippen molar-refractivity contribution in [1.82, 2.24) is 0 Å². The number of aliphatic hydroxyl groups is 2. The quantitative estimate of drug-likeness (QED) is 0.605. The van der Waals surface area contributed by atoms with Crippen molar-refractivity contribution >= 4 is 0 Å². The fourth-order valence-corrected chi connectivity index (χ4v) is 6.81. The maximum atomic E-state index is 10.3. The van der Waals surface area contributed by atoms with Gasteiger partial charge in [-0.1, -0.05) is 47.0 Å². The van der Waals surface area contributed by atoms with Gasteiger partial charge < -0.3 is 21.7 Å². The Morgan fingerprint density at radius 3 is 1.42 bits per heavy atom. The van der Waals surface area contributed by atoms with Gasteiger partial charge in [-0.25, -0.2) is 0 Å². The summed E-state index contributed by atoms with van der Waals surface area (Å²) in [7, 11) is 0. The molecule has 4 heteroatoms. The molecule has 0 radical (unpaired) electrons. The lowest BCUT2D eigenvalue weighted by Crippen LogP contribution is -2.54. The Balaban J connectivity index is 1.69. The van der Waals surface area contributed by atoms with E-state index in [1.807, 2.05) is 0 Å². The van der Waals surface area contributed by atoms with E-state index in [4.69, 9.17) is 11.5 Å². The van der Waals surface area contributed by atoms with Crippen LogP contribution in [0.4, 0.5) is 0 Å². The average molecular weight is 367 g/mol. The third-order valence-corrected chi connectivity index (χ3v) is 8.77. The van der Waals surface area contributed by atoms with Crippen molar-refractivity contribution < 1.29 is 10.2 Å². The zero-order valence-electron chi connectivity index (χ0n) is 17.2. The van der Waals surface area contributed by atoms with Gasteiger partial charge >= 0.3 is 0 Å².